The first-order valence-electron chi connectivity index (χ1n) is 14.3. The van der Waals surface area contributed by atoms with Crippen molar-refractivity contribution >= 4 is 5.78 Å². The smallest absolute Gasteiger partial charge is 0.197 e. The Bertz CT molecular complexity index is 962. The van der Waals surface area contributed by atoms with Crippen LogP contribution >= 0.6 is 0 Å². The highest BCUT2D eigenvalue weighted by atomic mass is 16.7. The number of aliphatic hydroxyl groups is 1. The molecule has 6 unspecified atom stereocenters. The monoisotopic (exact) mass is 497 g/mol. The number of fused-ring (bicyclic) bond motifs is 3. The Morgan fingerprint density at radius 3 is 2.58 bits per heavy atom. The first-order valence-corrected chi connectivity index (χ1v) is 14.3. The summed E-state index contributed by atoms with van der Waals surface area (Å²) >= 11 is 0. The molecule has 3 fully saturated rings. The van der Waals surface area contributed by atoms with Crippen LogP contribution < -0.4 is 0 Å². The number of carbonyl (C=O) groups excluding carboxylic acids is 1. The third-order valence-corrected chi connectivity index (χ3v) is 11.0. The zero-order valence-electron chi connectivity index (χ0n) is 23.5. The minimum Gasteiger partial charge on any atom is -0.455 e. The predicted octanol–water partition coefficient (Wildman–Crippen LogP) is 6.57. The zero-order chi connectivity index (χ0) is 26.5. The van der Waals surface area contributed by atoms with E-state index in [2.05, 4.69) is 40.7 Å². The van der Waals surface area contributed by atoms with Gasteiger partial charge in [-0.3, -0.25) is 4.79 Å². The molecule has 0 saturated heterocycles. The average Bonchev–Trinajstić information content (AvgIpc) is 3.60. The molecule has 3 saturated carbocycles. The number of hydrogen-bond acceptors (Lipinski definition) is 5. The van der Waals surface area contributed by atoms with E-state index in [1.807, 2.05) is 13.0 Å². The second-order valence-electron chi connectivity index (χ2n) is 13.0. The van der Waals surface area contributed by atoms with Crippen LogP contribution in [0.5, 0.6) is 0 Å². The second kappa shape index (κ2) is 9.91. The topological polar surface area (TPSA) is 79.6 Å². The van der Waals surface area contributed by atoms with Crippen molar-refractivity contribution in [3.8, 4) is 6.07 Å². The summed E-state index contributed by atoms with van der Waals surface area (Å²) in [6.45, 7) is 15.7. The number of rotatable bonds is 9. The van der Waals surface area contributed by atoms with Crippen LogP contribution in [-0.2, 0) is 14.3 Å². The van der Waals surface area contributed by atoms with Crippen LogP contribution in [0.4, 0.5) is 0 Å². The Balaban J connectivity index is 1.54. The minimum absolute atomic E-state index is 0.0567. The van der Waals surface area contributed by atoms with Crippen LogP contribution in [-0.4, -0.2) is 29.4 Å². The van der Waals surface area contributed by atoms with Gasteiger partial charge in [-0.25, -0.2) is 0 Å². The summed E-state index contributed by atoms with van der Waals surface area (Å²) in [6, 6.07) is 2.14. The molecule has 4 aliphatic rings. The summed E-state index contributed by atoms with van der Waals surface area (Å²) in [4.78, 5) is 12.4. The molecular formula is C31H47NO4. The summed E-state index contributed by atoms with van der Waals surface area (Å²) in [5.41, 5.74) is 0.459. The van der Waals surface area contributed by atoms with Gasteiger partial charge in [0.25, 0.3) is 0 Å². The Kier molecular flexibility index (Phi) is 7.54. The maximum Gasteiger partial charge on any atom is 0.197 e. The molecule has 0 radical (unpaired) electrons. The lowest BCUT2D eigenvalue weighted by molar-refractivity contribution is -0.123. The third-order valence-electron chi connectivity index (χ3n) is 11.0. The van der Waals surface area contributed by atoms with E-state index in [-0.39, 0.29) is 22.4 Å². The Morgan fingerprint density at radius 1 is 1.22 bits per heavy atom. The Hall–Kier alpha value is -1.64. The summed E-state index contributed by atoms with van der Waals surface area (Å²) in [5, 5.41) is 21.7. The van der Waals surface area contributed by atoms with Gasteiger partial charge in [0.15, 0.2) is 17.8 Å². The largest absolute Gasteiger partial charge is 0.455 e. The molecule has 0 amide bonds. The highest BCUT2D eigenvalue weighted by molar-refractivity contribution is 5.91. The molecule has 4 rings (SSSR count). The van der Waals surface area contributed by atoms with Crippen LogP contribution in [0.2, 0.25) is 0 Å². The van der Waals surface area contributed by atoms with Crippen LogP contribution in [0, 0.1) is 57.7 Å². The number of ether oxygens (including phenoxy) is 2. The van der Waals surface area contributed by atoms with Gasteiger partial charge in [-0.15, -0.1) is 0 Å². The van der Waals surface area contributed by atoms with Gasteiger partial charge in [0, 0.05) is 18.4 Å². The maximum absolute atomic E-state index is 12.4. The van der Waals surface area contributed by atoms with Gasteiger partial charge in [0.05, 0.1) is 5.60 Å². The molecule has 5 heteroatoms. The van der Waals surface area contributed by atoms with Crippen molar-refractivity contribution < 1.29 is 19.4 Å². The molecule has 0 bridgehead atoms. The molecule has 0 aromatic carbocycles. The molecule has 36 heavy (non-hydrogen) atoms. The zero-order valence-corrected chi connectivity index (χ0v) is 23.5. The molecule has 5 nitrogen and oxygen atoms in total. The van der Waals surface area contributed by atoms with Gasteiger partial charge in [-0.05, 0) is 105 Å². The Morgan fingerprint density at radius 2 is 1.94 bits per heavy atom. The highest BCUT2D eigenvalue weighted by Gasteiger charge is 2.73. The van der Waals surface area contributed by atoms with Crippen molar-refractivity contribution in [2.75, 3.05) is 6.61 Å². The molecule has 9 atom stereocenters. The average molecular weight is 498 g/mol. The predicted molar refractivity (Wildman–Crippen MR) is 140 cm³/mol. The molecule has 0 heterocycles. The second-order valence-corrected chi connectivity index (χ2v) is 13.0. The van der Waals surface area contributed by atoms with E-state index in [4.69, 9.17) is 9.47 Å². The summed E-state index contributed by atoms with van der Waals surface area (Å²) in [6.07, 6.45) is 9.63. The number of nitrogens with zero attached hydrogens (tertiary/aromatic N) is 1. The first kappa shape index (κ1) is 27.4. The van der Waals surface area contributed by atoms with Gasteiger partial charge >= 0.3 is 0 Å². The van der Waals surface area contributed by atoms with Crippen molar-refractivity contribution in [2.45, 2.75) is 105 Å². The van der Waals surface area contributed by atoms with Gasteiger partial charge in [-0.1, -0.05) is 40.2 Å². The number of ketones is 1. The van der Waals surface area contributed by atoms with E-state index < -0.39 is 11.9 Å². The minimum atomic E-state index is -0.805. The van der Waals surface area contributed by atoms with Gasteiger partial charge in [0.1, 0.15) is 6.07 Å². The summed E-state index contributed by atoms with van der Waals surface area (Å²) in [7, 11) is 0. The van der Waals surface area contributed by atoms with Gasteiger partial charge in [0.2, 0.25) is 0 Å². The van der Waals surface area contributed by atoms with Crippen molar-refractivity contribution in [1.29, 1.82) is 5.26 Å². The normalized spacial score (nSPS) is 41.7. The standard InChI is InChI=1S/C31H47NO4/c1-8-35-21(5)36-24(18-32)11-14-31(34)28-17-25(28)27-15-22(9-13-30(27,31)7)29(6)12-10-23(33)16-26(29)20(4)19(2)3/h11,16,19-22,25,27-28,34H,8-10,12-15,17H2,1-7H3/b24-11-/t20?,21?,22?,25?,27?,28?,29-,30+,31+/m1/s1. The lowest BCUT2D eigenvalue weighted by atomic mass is 9.51. The molecule has 0 aromatic heterocycles. The number of nitriles is 1. The van der Waals surface area contributed by atoms with Crippen molar-refractivity contribution in [3.05, 3.63) is 23.5 Å². The lowest BCUT2D eigenvalue weighted by Crippen LogP contribution is -2.52. The fourth-order valence-electron chi connectivity index (χ4n) is 8.33. The number of carbonyl (C=O) groups is 1. The van der Waals surface area contributed by atoms with Crippen molar-refractivity contribution in [3.63, 3.8) is 0 Å². The molecule has 4 aliphatic carbocycles. The van der Waals surface area contributed by atoms with E-state index in [0.717, 1.165) is 32.1 Å². The first-order chi connectivity index (χ1) is 16.9. The summed E-state index contributed by atoms with van der Waals surface area (Å²) in [5.74, 6) is 3.32. The van der Waals surface area contributed by atoms with E-state index in [9.17, 15) is 15.2 Å². The van der Waals surface area contributed by atoms with Crippen LogP contribution in [0.1, 0.15) is 93.4 Å². The summed E-state index contributed by atoms with van der Waals surface area (Å²) < 4.78 is 11.1. The van der Waals surface area contributed by atoms with Crippen LogP contribution in [0.3, 0.4) is 0 Å². The highest BCUT2D eigenvalue weighted by Crippen LogP contribution is 2.75. The van der Waals surface area contributed by atoms with E-state index >= 15 is 0 Å². The van der Waals surface area contributed by atoms with Crippen molar-refractivity contribution in [1.82, 2.24) is 0 Å². The van der Waals surface area contributed by atoms with E-state index in [0.29, 0.717) is 55.0 Å². The number of allylic oxidation sites excluding steroid dienone is 3. The molecular weight excluding hydrogens is 450 g/mol. The fraction of sp³-hybridized carbons (Fsp3) is 0.806. The number of hydrogen-bond donors (Lipinski definition) is 1. The van der Waals surface area contributed by atoms with Crippen LogP contribution in [0.25, 0.3) is 0 Å². The quantitative estimate of drug-likeness (QED) is 0.221. The lowest BCUT2D eigenvalue weighted by Gasteiger charge is -2.54. The fourth-order valence-corrected chi connectivity index (χ4v) is 8.33. The molecule has 0 aromatic rings. The molecule has 0 aliphatic heterocycles. The van der Waals surface area contributed by atoms with Crippen LogP contribution in [0.15, 0.2) is 23.5 Å². The van der Waals surface area contributed by atoms with E-state index in [1.54, 1.807) is 13.0 Å². The van der Waals surface area contributed by atoms with Gasteiger partial charge < -0.3 is 14.6 Å². The van der Waals surface area contributed by atoms with Gasteiger partial charge in [-0.2, -0.15) is 5.26 Å². The molecule has 200 valence electrons. The van der Waals surface area contributed by atoms with E-state index in [1.165, 1.54) is 5.57 Å². The Labute approximate surface area is 218 Å². The third kappa shape index (κ3) is 4.47. The molecule has 1 N–H and O–H groups in total. The molecule has 0 spiro atoms. The maximum atomic E-state index is 12.4. The SMILES string of the molecule is CCOC(C)O/C(C#N)=C\C[C@]1(O)C2CC2C2CC([C@@]3(C)CCC(=O)C=C3C(C)C(C)C)CC[C@@]21C. The van der Waals surface area contributed by atoms with Crippen molar-refractivity contribution in [2.24, 2.45) is 46.3 Å².